The lowest BCUT2D eigenvalue weighted by Crippen LogP contribution is -2.31. The Morgan fingerprint density at radius 2 is 2.08 bits per heavy atom. The van der Waals surface area contributed by atoms with Gasteiger partial charge in [0.25, 0.3) is 5.91 Å². The summed E-state index contributed by atoms with van der Waals surface area (Å²) in [6.07, 6.45) is 0. The number of likely N-dealkylation sites (N-methyl/N-ethyl adjacent to an activating group) is 1. The van der Waals surface area contributed by atoms with Crippen molar-refractivity contribution in [2.24, 2.45) is 0 Å². The van der Waals surface area contributed by atoms with Crippen molar-refractivity contribution in [1.29, 1.82) is 0 Å². The Hall–Kier alpha value is -2.03. The van der Waals surface area contributed by atoms with Crippen molar-refractivity contribution >= 4 is 39.9 Å². The first-order chi connectivity index (χ1) is 12.0. The van der Waals surface area contributed by atoms with Gasteiger partial charge in [0.15, 0.2) is 4.34 Å². The molecule has 8 heteroatoms. The van der Waals surface area contributed by atoms with Crippen LogP contribution in [0.5, 0.6) is 0 Å². The van der Waals surface area contributed by atoms with Crippen LogP contribution in [-0.4, -0.2) is 53.2 Å². The van der Waals surface area contributed by atoms with Gasteiger partial charge in [-0.3, -0.25) is 4.79 Å². The van der Waals surface area contributed by atoms with Gasteiger partial charge in [-0.25, -0.2) is 4.98 Å². The smallest absolute Gasteiger partial charge is 0.252 e. The number of para-hydroxylation sites is 1. The molecule has 3 aromatic rings. The predicted octanol–water partition coefficient (Wildman–Crippen LogP) is 2.84. The maximum atomic E-state index is 12.7. The first-order valence-electron chi connectivity index (χ1n) is 7.83. The highest BCUT2D eigenvalue weighted by atomic mass is 32.2. The van der Waals surface area contributed by atoms with Crippen LogP contribution >= 0.6 is 23.1 Å². The monoisotopic (exact) mass is 373 g/mol. The lowest BCUT2D eigenvalue weighted by molar-refractivity contribution is 0.0952. The van der Waals surface area contributed by atoms with Gasteiger partial charge in [0.1, 0.15) is 10.0 Å². The SMILES string of the molecule is Cc1nnc(Sc2cc(C(=O)NCCN(C)C)c3ccccc3n2)s1. The van der Waals surface area contributed by atoms with Crippen molar-refractivity contribution in [3.8, 4) is 0 Å². The molecule has 1 N–H and O–H groups in total. The molecule has 2 aromatic heterocycles. The van der Waals surface area contributed by atoms with Gasteiger partial charge in [0, 0.05) is 18.5 Å². The van der Waals surface area contributed by atoms with Gasteiger partial charge in [0.2, 0.25) is 0 Å². The van der Waals surface area contributed by atoms with Crippen LogP contribution in [0, 0.1) is 6.92 Å². The molecular weight excluding hydrogens is 354 g/mol. The second-order valence-corrected chi connectivity index (χ2v) is 8.22. The molecule has 0 spiro atoms. The number of carbonyl (C=O) groups is 1. The Morgan fingerprint density at radius 3 is 2.80 bits per heavy atom. The van der Waals surface area contributed by atoms with Crippen molar-refractivity contribution in [2.75, 3.05) is 27.2 Å². The molecule has 1 aromatic carbocycles. The van der Waals surface area contributed by atoms with E-state index >= 15 is 0 Å². The third-order valence-corrected chi connectivity index (χ3v) is 5.29. The fraction of sp³-hybridized carbons (Fsp3) is 0.294. The van der Waals surface area contributed by atoms with Gasteiger partial charge in [-0.2, -0.15) is 0 Å². The van der Waals surface area contributed by atoms with Gasteiger partial charge in [-0.05, 0) is 44.9 Å². The Morgan fingerprint density at radius 1 is 1.28 bits per heavy atom. The van der Waals surface area contributed by atoms with Crippen LogP contribution < -0.4 is 5.32 Å². The standard InChI is InChI=1S/C17H19N5OS2/c1-11-20-21-17(24-11)25-15-10-13(16(23)18-8-9-22(2)3)12-6-4-5-7-14(12)19-15/h4-7,10H,8-9H2,1-3H3,(H,18,23). The summed E-state index contributed by atoms with van der Waals surface area (Å²) in [4.78, 5) is 19.3. The number of amides is 1. The van der Waals surface area contributed by atoms with Crippen LogP contribution in [-0.2, 0) is 0 Å². The minimum absolute atomic E-state index is 0.0873. The third kappa shape index (κ3) is 4.53. The Bertz CT molecular complexity index is 894. The van der Waals surface area contributed by atoms with Crippen LogP contribution in [0.4, 0.5) is 0 Å². The number of fused-ring (bicyclic) bond motifs is 1. The molecule has 0 unspecified atom stereocenters. The molecule has 25 heavy (non-hydrogen) atoms. The quantitative estimate of drug-likeness (QED) is 0.716. The number of aryl methyl sites for hydroxylation is 1. The molecule has 3 rings (SSSR count). The Labute approximate surface area is 154 Å². The fourth-order valence-electron chi connectivity index (χ4n) is 2.29. The summed E-state index contributed by atoms with van der Waals surface area (Å²) >= 11 is 2.94. The lowest BCUT2D eigenvalue weighted by Gasteiger charge is -2.12. The largest absolute Gasteiger partial charge is 0.351 e. The zero-order valence-electron chi connectivity index (χ0n) is 14.3. The summed E-state index contributed by atoms with van der Waals surface area (Å²) in [7, 11) is 3.96. The van der Waals surface area contributed by atoms with Crippen LogP contribution in [0.25, 0.3) is 10.9 Å². The highest BCUT2D eigenvalue weighted by Crippen LogP contribution is 2.31. The number of hydrogen-bond acceptors (Lipinski definition) is 7. The summed E-state index contributed by atoms with van der Waals surface area (Å²) in [5, 5.41) is 13.6. The first kappa shape index (κ1) is 17.8. The minimum Gasteiger partial charge on any atom is -0.351 e. The number of hydrogen-bond donors (Lipinski definition) is 1. The highest BCUT2D eigenvalue weighted by molar-refractivity contribution is 8.01. The van der Waals surface area contributed by atoms with E-state index in [0.29, 0.717) is 12.1 Å². The second-order valence-electron chi connectivity index (χ2n) is 5.77. The molecule has 0 fully saturated rings. The normalized spacial score (nSPS) is 11.2. The van der Waals surface area contributed by atoms with Gasteiger partial charge in [-0.15, -0.1) is 10.2 Å². The van der Waals surface area contributed by atoms with Gasteiger partial charge < -0.3 is 10.2 Å². The molecule has 0 bridgehead atoms. The van der Waals surface area contributed by atoms with E-state index in [2.05, 4.69) is 20.5 Å². The van der Waals surface area contributed by atoms with E-state index in [-0.39, 0.29) is 5.91 Å². The molecule has 0 aliphatic carbocycles. The van der Waals surface area contributed by atoms with Crippen molar-refractivity contribution in [2.45, 2.75) is 16.3 Å². The molecule has 0 aliphatic rings. The topological polar surface area (TPSA) is 71.0 Å². The Balaban J connectivity index is 1.90. The molecule has 6 nitrogen and oxygen atoms in total. The number of pyridine rings is 1. The minimum atomic E-state index is -0.0873. The van der Waals surface area contributed by atoms with Crippen LogP contribution in [0.15, 0.2) is 39.7 Å². The van der Waals surface area contributed by atoms with Crippen LogP contribution in [0.1, 0.15) is 15.4 Å². The zero-order valence-corrected chi connectivity index (χ0v) is 15.9. The molecule has 0 atom stereocenters. The number of nitrogens with zero attached hydrogens (tertiary/aromatic N) is 4. The maximum absolute atomic E-state index is 12.7. The number of aromatic nitrogens is 3. The summed E-state index contributed by atoms with van der Waals surface area (Å²) in [5.41, 5.74) is 1.43. The van der Waals surface area contributed by atoms with E-state index in [1.807, 2.05) is 56.3 Å². The number of carbonyl (C=O) groups excluding carboxylic acids is 1. The lowest BCUT2D eigenvalue weighted by atomic mass is 10.1. The number of benzene rings is 1. The van der Waals surface area contributed by atoms with E-state index in [0.717, 1.165) is 31.8 Å². The van der Waals surface area contributed by atoms with Crippen LogP contribution in [0.3, 0.4) is 0 Å². The van der Waals surface area contributed by atoms with E-state index in [1.54, 1.807) is 0 Å². The second kappa shape index (κ2) is 7.90. The van der Waals surface area contributed by atoms with Gasteiger partial charge in [-0.1, -0.05) is 29.5 Å². The number of rotatable bonds is 6. The summed E-state index contributed by atoms with van der Waals surface area (Å²) < 4.78 is 0.819. The van der Waals surface area contributed by atoms with Crippen molar-refractivity contribution < 1.29 is 4.79 Å². The molecule has 0 saturated heterocycles. The molecule has 0 saturated carbocycles. The molecular formula is C17H19N5OS2. The molecule has 0 aliphatic heterocycles. The van der Waals surface area contributed by atoms with Crippen molar-refractivity contribution in [3.05, 3.63) is 40.9 Å². The molecule has 2 heterocycles. The molecule has 130 valence electrons. The molecule has 0 radical (unpaired) electrons. The van der Waals surface area contributed by atoms with E-state index in [1.165, 1.54) is 23.1 Å². The number of nitrogens with one attached hydrogen (secondary N) is 1. The van der Waals surface area contributed by atoms with Gasteiger partial charge in [0.05, 0.1) is 11.1 Å². The fourth-order valence-corrected chi connectivity index (χ4v) is 4.07. The van der Waals surface area contributed by atoms with Crippen LogP contribution in [0.2, 0.25) is 0 Å². The first-order valence-corrected chi connectivity index (χ1v) is 9.47. The predicted molar refractivity (Wildman–Crippen MR) is 101 cm³/mol. The van der Waals surface area contributed by atoms with E-state index < -0.39 is 0 Å². The van der Waals surface area contributed by atoms with Crippen molar-refractivity contribution in [3.63, 3.8) is 0 Å². The van der Waals surface area contributed by atoms with Gasteiger partial charge >= 0.3 is 0 Å². The molecule has 1 amide bonds. The summed E-state index contributed by atoms with van der Waals surface area (Å²) in [6, 6.07) is 9.51. The summed E-state index contributed by atoms with van der Waals surface area (Å²) in [5.74, 6) is -0.0873. The van der Waals surface area contributed by atoms with E-state index in [9.17, 15) is 4.79 Å². The van der Waals surface area contributed by atoms with Crippen molar-refractivity contribution in [1.82, 2.24) is 25.4 Å². The highest BCUT2D eigenvalue weighted by Gasteiger charge is 2.14. The average molecular weight is 374 g/mol. The maximum Gasteiger partial charge on any atom is 0.252 e. The zero-order chi connectivity index (χ0) is 17.8. The average Bonchev–Trinajstić information content (AvgIpc) is 2.98. The Kier molecular flexibility index (Phi) is 5.62. The third-order valence-electron chi connectivity index (χ3n) is 3.48. The summed E-state index contributed by atoms with van der Waals surface area (Å²) in [6.45, 7) is 3.31. The van der Waals surface area contributed by atoms with E-state index in [4.69, 9.17) is 0 Å².